The summed E-state index contributed by atoms with van der Waals surface area (Å²) in [5, 5.41) is 12.4. The third kappa shape index (κ3) is 2.81. The van der Waals surface area contributed by atoms with Crippen LogP contribution < -0.4 is 5.32 Å². The Morgan fingerprint density at radius 3 is 2.76 bits per heavy atom. The fourth-order valence-corrected chi connectivity index (χ4v) is 1.71. The molecule has 1 aromatic carbocycles. The number of anilines is 1. The SMILES string of the molecule is O=C(Nc1cc(Cl)ccc1O)c1ccc(Br)o1. The summed E-state index contributed by atoms with van der Waals surface area (Å²) in [6.45, 7) is 0. The molecule has 1 aromatic heterocycles. The van der Waals surface area contributed by atoms with Crippen molar-refractivity contribution in [3.8, 4) is 5.75 Å². The molecular formula is C11H7BrClNO3. The van der Waals surface area contributed by atoms with Crippen molar-refractivity contribution >= 4 is 39.1 Å². The van der Waals surface area contributed by atoms with Crippen LogP contribution in [0, 0.1) is 0 Å². The zero-order chi connectivity index (χ0) is 12.4. The highest BCUT2D eigenvalue weighted by Gasteiger charge is 2.12. The third-order valence-electron chi connectivity index (χ3n) is 2.00. The molecule has 2 rings (SSSR count). The molecule has 0 radical (unpaired) electrons. The number of rotatable bonds is 2. The molecule has 0 aliphatic rings. The normalized spacial score (nSPS) is 10.2. The Morgan fingerprint density at radius 1 is 1.35 bits per heavy atom. The summed E-state index contributed by atoms with van der Waals surface area (Å²) in [4.78, 5) is 11.7. The van der Waals surface area contributed by atoms with E-state index >= 15 is 0 Å². The summed E-state index contributed by atoms with van der Waals surface area (Å²) in [5.41, 5.74) is 0.232. The van der Waals surface area contributed by atoms with E-state index in [1.54, 1.807) is 6.07 Å². The van der Waals surface area contributed by atoms with Crippen molar-refractivity contribution in [1.29, 1.82) is 0 Å². The van der Waals surface area contributed by atoms with Gasteiger partial charge in [0.1, 0.15) is 5.75 Å². The van der Waals surface area contributed by atoms with E-state index in [0.717, 1.165) is 0 Å². The van der Waals surface area contributed by atoms with E-state index in [1.165, 1.54) is 24.3 Å². The Bertz CT molecular complexity index is 568. The van der Waals surface area contributed by atoms with Crippen molar-refractivity contribution in [3.63, 3.8) is 0 Å². The van der Waals surface area contributed by atoms with Gasteiger partial charge in [0.2, 0.25) is 0 Å². The van der Waals surface area contributed by atoms with Gasteiger partial charge in [-0.25, -0.2) is 0 Å². The van der Waals surface area contributed by atoms with Crippen LogP contribution in [0.4, 0.5) is 5.69 Å². The number of hydrogen-bond donors (Lipinski definition) is 2. The second kappa shape index (κ2) is 4.81. The number of phenols is 1. The largest absolute Gasteiger partial charge is 0.506 e. The maximum absolute atomic E-state index is 11.7. The van der Waals surface area contributed by atoms with Crippen LogP contribution in [-0.4, -0.2) is 11.0 Å². The van der Waals surface area contributed by atoms with Crippen LogP contribution in [0.2, 0.25) is 5.02 Å². The van der Waals surface area contributed by atoms with Crippen molar-refractivity contribution in [3.05, 3.63) is 45.8 Å². The van der Waals surface area contributed by atoms with E-state index in [4.69, 9.17) is 16.0 Å². The van der Waals surface area contributed by atoms with Crippen molar-refractivity contribution in [1.82, 2.24) is 0 Å². The topological polar surface area (TPSA) is 62.5 Å². The summed E-state index contributed by atoms with van der Waals surface area (Å²) < 4.78 is 5.53. The van der Waals surface area contributed by atoms with Crippen LogP contribution in [0.15, 0.2) is 39.4 Å². The van der Waals surface area contributed by atoms with Gasteiger partial charge in [-0.1, -0.05) is 11.6 Å². The number of halogens is 2. The van der Waals surface area contributed by atoms with Crippen LogP contribution in [0.5, 0.6) is 5.75 Å². The summed E-state index contributed by atoms with van der Waals surface area (Å²) >= 11 is 8.85. The van der Waals surface area contributed by atoms with E-state index in [1.807, 2.05) is 0 Å². The van der Waals surface area contributed by atoms with Gasteiger partial charge in [0.05, 0.1) is 5.69 Å². The average Bonchev–Trinajstić information content (AvgIpc) is 2.70. The number of phenolic OH excluding ortho intramolecular Hbond substituents is 1. The molecule has 0 aliphatic heterocycles. The Balaban J connectivity index is 2.21. The highest BCUT2D eigenvalue weighted by molar-refractivity contribution is 9.10. The fraction of sp³-hybridized carbons (Fsp3) is 0. The van der Waals surface area contributed by atoms with Gasteiger partial charge in [0.15, 0.2) is 10.4 Å². The maximum Gasteiger partial charge on any atom is 0.291 e. The molecule has 88 valence electrons. The number of hydrogen-bond acceptors (Lipinski definition) is 3. The highest BCUT2D eigenvalue weighted by Crippen LogP contribution is 2.27. The smallest absolute Gasteiger partial charge is 0.291 e. The molecule has 0 saturated carbocycles. The first kappa shape index (κ1) is 12.0. The van der Waals surface area contributed by atoms with Crippen molar-refractivity contribution in [2.24, 2.45) is 0 Å². The molecule has 2 N–H and O–H groups in total. The molecule has 0 atom stereocenters. The predicted octanol–water partition coefficient (Wildman–Crippen LogP) is 3.65. The summed E-state index contributed by atoms with van der Waals surface area (Å²) in [6.07, 6.45) is 0. The highest BCUT2D eigenvalue weighted by atomic mass is 79.9. The first-order chi connectivity index (χ1) is 8.06. The molecule has 0 saturated heterocycles. The Hall–Kier alpha value is -1.46. The van der Waals surface area contributed by atoms with E-state index in [2.05, 4.69) is 21.2 Å². The first-order valence-corrected chi connectivity index (χ1v) is 5.78. The summed E-state index contributed by atoms with van der Waals surface area (Å²) in [6, 6.07) is 7.49. The van der Waals surface area contributed by atoms with E-state index in [-0.39, 0.29) is 17.2 Å². The number of furan rings is 1. The quantitative estimate of drug-likeness (QED) is 0.831. The number of amides is 1. The minimum absolute atomic E-state index is 0.0617. The maximum atomic E-state index is 11.7. The second-order valence-corrected chi connectivity index (χ2v) is 4.44. The third-order valence-corrected chi connectivity index (χ3v) is 2.67. The lowest BCUT2D eigenvalue weighted by molar-refractivity contribution is 0.0995. The van der Waals surface area contributed by atoms with Gasteiger partial charge in [-0.05, 0) is 46.3 Å². The van der Waals surface area contributed by atoms with E-state index in [9.17, 15) is 9.90 Å². The molecule has 2 aromatic rings. The molecule has 1 amide bonds. The average molecular weight is 317 g/mol. The van der Waals surface area contributed by atoms with Gasteiger partial charge >= 0.3 is 0 Å². The predicted molar refractivity (Wildman–Crippen MR) is 67.5 cm³/mol. The Morgan fingerprint density at radius 2 is 2.12 bits per heavy atom. The van der Waals surface area contributed by atoms with Gasteiger partial charge in [-0.15, -0.1) is 0 Å². The van der Waals surface area contributed by atoms with Gasteiger partial charge in [-0.2, -0.15) is 0 Å². The molecule has 0 unspecified atom stereocenters. The Kier molecular flexibility index (Phi) is 3.40. The van der Waals surface area contributed by atoms with Crippen LogP contribution in [0.1, 0.15) is 10.6 Å². The fourth-order valence-electron chi connectivity index (χ4n) is 1.23. The standard InChI is InChI=1S/C11H7BrClNO3/c12-10-4-3-9(17-10)11(16)14-7-5-6(13)1-2-8(7)15/h1-5,15H,(H,14,16). The summed E-state index contributed by atoms with van der Waals surface area (Å²) in [5.74, 6) is -0.391. The van der Waals surface area contributed by atoms with Gasteiger partial charge in [-0.3, -0.25) is 4.79 Å². The van der Waals surface area contributed by atoms with Crippen molar-refractivity contribution < 1.29 is 14.3 Å². The number of aromatic hydroxyl groups is 1. The second-order valence-electron chi connectivity index (χ2n) is 3.22. The molecule has 6 heteroatoms. The lowest BCUT2D eigenvalue weighted by atomic mass is 10.3. The molecule has 17 heavy (non-hydrogen) atoms. The first-order valence-electron chi connectivity index (χ1n) is 4.61. The van der Waals surface area contributed by atoms with E-state index < -0.39 is 5.91 Å². The number of nitrogens with one attached hydrogen (secondary N) is 1. The van der Waals surface area contributed by atoms with Crippen molar-refractivity contribution in [2.75, 3.05) is 5.32 Å². The molecule has 0 fully saturated rings. The zero-order valence-corrected chi connectivity index (χ0v) is 10.7. The van der Waals surface area contributed by atoms with Gasteiger partial charge in [0, 0.05) is 5.02 Å². The molecule has 0 spiro atoms. The van der Waals surface area contributed by atoms with Crippen molar-refractivity contribution in [2.45, 2.75) is 0 Å². The monoisotopic (exact) mass is 315 g/mol. The zero-order valence-electron chi connectivity index (χ0n) is 8.41. The van der Waals surface area contributed by atoms with Crippen LogP contribution in [-0.2, 0) is 0 Å². The number of carbonyl (C=O) groups is 1. The molecule has 4 nitrogen and oxygen atoms in total. The molecular weight excluding hydrogens is 309 g/mol. The molecule has 0 bridgehead atoms. The van der Waals surface area contributed by atoms with E-state index in [0.29, 0.717) is 9.69 Å². The Labute approximate surface area is 110 Å². The lowest BCUT2D eigenvalue weighted by Crippen LogP contribution is -2.10. The van der Waals surface area contributed by atoms with Gasteiger partial charge < -0.3 is 14.8 Å². The van der Waals surface area contributed by atoms with Crippen LogP contribution in [0.3, 0.4) is 0 Å². The summed E-state index contributed by atoms with van der Waals surface area (Å²) in [7, 11) is 0. The molecule has 0 aliphatic carbocycles. The number of carbonyl (C=O) groups excluding carboxylic acids is 1. The van der Waals surface area contributed by atoms with Crippen LogP contribution >= 0.6 is 27.5 Å². The van der Waals surface area contributed by atoms with Crippen LogP contribution in [0.25, 0.3) is 0 Å². The minimum Gasteiger partial charge on any atom is -0.506 e. The van der Waals surface area contributed by atoms with Gasteiger partial charge in [0.25, 0.3) is 5.91 Å². The number of benzene rings is 1. The molecule has 1 heterocycles. The minimum atomic E-state index is -0.465. The lowest BCUT2D eigenvalue weighted by Gasteiger charge is -2.05.